The number of para-hydroxylation sites is 1. The number of rotatable bonds is 4. The largest absolute Gasteiger partial charge is 0.466 e. The van der Waals surface area contributed by atoms with Crippen LogP contribution in [0.2, 0.25) is 0 Å². The molecule has 0 radical (unpaired) electrons. The highest BCUT2D eigenvalue weighted by atomic mass is 16.5. The van der Waals surface area contributed by atoms with Gasteiger partial charge in [-0.2, -0.15) is 0 Å². The van der Waals surface area contributed by atoms with Crippen molar-refractivity contribution in [1.29, 1.82) is 0 Å². The van der Waals surface area contributed by atoms with Crippen molar-refractivity contribution < 1.29 is 9.53 Å². The highest BCUT2D eigenvalue weighted by Crippen LogP contribution is 2.19. The molecule has 1 aliphatic heterocycles. The van der Waals surface area contributed by atoms with E-state index in [2.05, 4.69) is 10.4 Å². The topological polar surface area (TPSA) is 41.6 Å². The van der Waals surface area contributed by atoms with Crippen molar-refractivity contribution in [3.8, 4) is 0 Å². The summed E-state index contributed by atoms with van der Waals surface area (Å²) in [7, 11) is 0. The Balaban J connectivity index is 1.78. The molecule has 2 rings (SSSR count). The zero-order chi connectivity index (χ0) is 12.8. The van der Waals surface area contributed by atoms with Gasteiger partial charge < -0.3 is 10.2 Å². The summed E-state index contributed by atoms with van der Waals surface area (Å²) in [5.41, 5.74) is 4.44. The Kier molecular flexibility index (Phi) is 4.59. The Bertz CT molecular complexity index is 373. The molecule has 0 bridgehead atoms. The van der Waals surface area contributed by atoms with Crippen LogP contribution in [0.4, 0.5) is 5.69 Å². The summed E-state index contributed by atoms with van der Waals surface area (Å²) in [4.78, 5) is 11.6. The smallest absolute Gasteiger partial charge is 0.309 e. The van der Waals surface area contributed by atoms with Gasteiger partial charge in [0.1, 0.15) is 0 Å². The van der Waals surface area contributed by atoms with Crippen LogP contribution in [0.25, 0.3) is 0 Å². The molecule has 1 aliphatic rings. The van der Waals surface area contributed by atoms with Gasteiger partial charge in [-0.05, 0) is 31.9 Å². The molecule has 0 saturated carbocycles. The number of esters is 1. The van der Waals surface area contributed by atoms with Crippen molar-refractivity contribution in [2.75, 3.05) is 25.1 Å². The average molecular weight is 248 g/mol. The maximum absolute atomic E-state index is 11.6. The number of carbonyl (C=O) groups is 1. The van der Waals surface area contributed by atoms with Crippen LogP contribution in [0.5, 0.6) is 0 Å². The molecular weight excluding hydrogens is 228 g/mol. The summed E-state index contributed by atoms with van der Waals surface area (Å²) in [6, 6.07) is 10.1. The summed E-state index contributed by atoms with van der Waals surface area (Å²) in [6.07, 6.45) is 1.72. The first-order valence-corrected chi connectivity index (χ1v) is 6.53. The molecule has 1 saturated heterocycles. The highest BCUT2D eigenvalue weighted by Gasteiger charge is 2.25. The standard InChI is InChI=1S/C14H20N2O2/c1-2-18-14(17)12-8-10-16(11-9-12)15-13-6-4-3-5-7-13/h3-7,12,15H,2,8-11H2,1H3. The number of piperidine rings is 1. The minimum atomic E-state index is -0.0446. The van der Waals surface area contributed by atoms with Gasteiger partial charge in [-0.15, -0.1) is 0 Å². The number of anilines is 1. The molecule has 0 amide bonds. The first-order chi connectivity index (χ1) is 8.79. The van der Waals surface area contributed by atoms with E-state index in [1.165, 1.54) is 0 Å². The Morgan fingerprint density at radius 1 is 1.33 bits per heavy atom. The normalized spacial score (nSPS) is 17.4. The predicted molar refractivity (Wildman–Crippen MR) is 71.0 cm³/mol. The number of benzene rings is 1. The molecule has 1 aromatic rings. The van der Waals surface area contributed by atoms with E-state index in [-0.39, 0.29) is 11.9 Å². The Hall–Kier alpha value is -1.55. The van der Waals surface area contributed by atoms with Crippen molar-refractivity contribution >= 4 is 11.7 Å². The van der Waals surface area contributed by atoms with Crippen molar-refractivity contribution in [3.05, 3.63) is 30.3 Å². The predicted octanol–water partition coefficient (Wildman–Crippen LogP) is 2.29. The van der Waals surface area contributed by atoms with Gasteiger partial charge in [-0.25, -0.2) is 5.01 Å². The summed E-state index contributed by atoms with van der Waals surface area (Å²) >= 11 is 0. The van der Waals surface area contributed by atoms with Crippen LogP contribution in [0.1, 0.15) is 19.8 Å². The van der Waals surface area contributed by atoms with Gasteiger partial charge in [0, 0.05) is 18.8 Å². The fourth-order valence-corrected chi connectivity index (χ4v) is 2.18. The molecule has 98 valence electrons. The fourth-order valence-electron chi connectivity index (χ4n) is 2.18. The third-order valence-electron chi connectivity index (χ3n) is 3.18. The van der Waals surface area contributed by atoms with Crippen LogP contribution in [0, 0.1) is 5.92 Å². The zero-order valence-corrected chi connectivity index (χ0v) is 10.8. The van der Waals surface area contributed by atoms with E-state index in [9.17, 15) is 4.79 Å². The van der Waals surface area contributed by atoms with Crippen LogP contribution in [-0.2, 0) is 9.53 Å². The highest BCUT2D eigenvalue weighted by molar-refractivity contribution is 5.72. The molecule has 1 fully saturated rings. The van der Waals surface area contributed by atoms with E-state index in [1.807, 2.05) is 37.3 Å². The summed E-state index contributed by atoms with van der Waals surface area (Å²) < 4.78 is 5.06. The monoisotopic (exact) mass is 248 g/mol. The first-order valence-electron chi connectivity index (χ1n) is 6.53. The van der Waals surface area contributed by atoms with Crippen LogP contribution in [0.15, 0.2) is 30.3 Å². The molecule has 4 heteroatoms. The third kappa shape index (κ3) is 3.47. The quantitative estimate of drug-likeness (QED) is 0.830. The van der Waals surface area contributed by atoms with Gasteiger partial charge >= 0.3 is 5.97 Å². The van der Waals surface area contributed by atoms with E-state index >= 15 is 0 Å². The van der Waals surface area contributed by atoms with Crippen LogP contribution < -0.4 is 5.43 Å². The van der Waals surface area contributed by atoms with Gasteiger partial charge in [0.05, 0.1) is 12.5 Å². The number of ether oxygens (including phenoxy) is 1. The maximum atomic E-state index is 11.6. The summed E-state index contributed by atoms with van der Waals surface area (Å²) in [5, 5.41) is 2.16. The van der Waals surface area contributed by atoms with Crippen molar-refractivity contribution in [3.63, 3.8) is 0 Å². The van der Waals surface area contributed by atoms with Crippen LogP contribution in [-0.4, -0.2) is 30.7 Å². The lowest BCUT2D eigenvalue weighted by atomic mass is 9.98. The number of hydrogen-bond acceptors (Lipinski definition) is 4. The van der Waals surface area contributed by atoms with E-state index in [0.717, 1.165) is 31.6 Å². The second-order valence-corrected chi connectivity index (χ2v) is 4.49. The van der Waals surface area contributed by atoms with Crippen molar-refractivity contribution in [2.24, 2.45) is 5.92 Å². The molecule has 18 heavy (non-hydrogen) atoms. The van der Waals surface area contributed by atoms with E-state index in [1.54, 1.807) is 0 Å². The second-order valence-electron chi connectivity index (χ2n) is 4.49. The number of hydrogen-bond donors (Lipinski definition) is 1. The van der Waals surface area contributed by atoms with E-state index in [4.69, 9.17) is 4.74 Å². The minimum absolute atomic E-state index is 0.0446. The minimum Gasteiger partial charge on any atom is -0.466 e. The molecule has 0 atom stereocenters. The van der Waals surface area contributed by atoms with Gasteiger partial charge in [0.25, 0.3) is 0 Å². The van der Waals surface area contributed by atoms with Crippen LogP contribution >= 0.6 is 0 Å². The zero-order valence-electron chi connectivity index (χ0n) is 10.8. The Morgan fingerprint density at radius 3 is 2.61 bits per heavy atom. The Labute approximate surface area is 108 Å². The third-order valence-corrected chi connectivity index (χ3v) is 3.18. The van der Waals surface area contributed by atoms with Gasteiger partial charge in [0.2, 0.25) is 0 Å². The van der Waals surface area contributed by atoms with E-state index in [0.29, 0.717) is 6.61 Å². The molecule has 0 unspecified atom stereocenters. The lowest BCUT2D eigenvalue weighted by molar-refractivity contribution is -0.149. The van der Waals surface area contributed by atoms with Crippen molar-refractivity contribution in [1.82, 2.24) is 5.01 Å². The number of nitrogens with zero attached hydrogens (tertiary/aromatic N) is 1. The molecular formula is C14H20N2O2. The lowest BCUT2D eigenvalue weighted by Crippen LogP contribution is -2.40. The van der Waals surface area contributed by atoms with Gasteiger partial charge in [-0.1, -0.05) is 18.2 Å². The number of carbonyl (C=O) groups excluding carboxylic acids is 1. The van der Waals surface area contributed by atoms with Crippen molar-refractivity contribution in [2.45, 2.75) is 19.8 Å². The average Bonchev–Trinajstić information content (AvgIpc) is 2.41. The first kappa shape index (κ1) is 12.9. The second kappa shape index (κ2) is 6.40. The molecule has 0 aliphatic carbocycles. The maximum Gasteiger partial charge on any atom is 0.309 e. The molecule has 0 spiro atoms. The summed E-state index contributed by atoms with van der Waals surface area (Å²) in [6.45, 7) is 4.07. The van der Waals surface area contributed by atoms with Gasteiger partial charge in [0.15, 0.2) is 0 Å². The van der Waals surface area contributed by atoms with Crippen LogP contribution in [0.3, 0.4) is 0 Å². The molecule has 1 aromatic carbocycles. The lowest BCUT2D eigenvalue weighted by Gasteiger charge is -2.31. The molecule has 0 aromatic heterocycles. The number of nitrogens with one attached hydrogen (secondary N) is 1. The fraction of sp³-hybridized carbons (Fsp3) is 0.500. The number of hydrazine groups is 1. The van der Waals surface area contributed by atoms with E-state index < -0.39 is 0 Å². The molecule has 1 heterocycles. The Morgan fingerprint density at radius 2 is 2.00 bits per heavy atom. The SMILES string of the molecule is CCOC(=O)C1CCN(Nc2ccccc2)CC1. The van der Waals surface area contributed by atoms with Gasteiger partial charge in [-0.3, -0.25) is 4.79 Å². The molecule has 1 N–H and O–H groups in total. The summed E-state index contributed by atoms with van der Waals surface area (Å²) in [5.74, 6) is 0.0237. The molecule has 4 nitrogen and oxygen atoms in total.